The Labute approximate surface area is 136 Å². The Morgan fingerprint density at radius 2 is 2.17 bits per heavy atom. The lowest BCUT2D eigenvalue weighted by Gasteiger charge is -2.15. The summed E-state index contributed by atoms with van der Waals surface area (Å²) in [7, 11) is 0. The third-order valence-corrected chi connectivity index (χ3v) is 4.51. The van der Waals surface area contributed by atoms with Gasteiger partial charge in [-0.15, -0.1) is 0 Å². The fraction of sp³-hybridized carbons (Fsp3) is 0.389. The van der Waals surface area contributed by atoms with Gasteiger partial charge in [-0.05, 0) is 29.7 Å². The van der Waals surface area contributed by atoms with Gasteiger partial charge in [-0.25, -0.2) is 0 Å². The van der Waals surface area contributed by atoms with E-state index in [0.717, 1.165) is 24.2 Å². The summed E-state index contributed by atoms with van der Waals surface area (Å²) in [6.07, 6.45) is 6.36. The monoisotopic (exact) mass is 311 g/mol. The molecule has 3 rings (SSSR count). The normalized spacial score (nSPS) is 21.4. The summed E-state index contributed by atoms with van der Waals surface area (Å²) in [6.45, 7) is 4.06. The minimum atomic E-state index is -0.740. The molecule has 0 aliphatic carbocycles. The van der Waals surface area contributed by atoms with E-state index in [1.54, 1.807) is 12.4 Å². The number of carbonyl (C=O) groups is 1. The number of carboxylic acid groups (broad SMARTS) is 1. The van der Waals surface area contributed by atoms with Crippen LogP contribution in [0.4, 0.5) is 0 Å². The first-order chi connectivity index (χ1) is 11.2. The summed E-state index contributed by atoms with van der Waals surface area (Å²) in [4.78, 5) is 22.4. The molecular formula is C18H21N3O2. The molecule has 120 valence electrons. The zero-order chi connectivity index (χ0) is 16.2. The summed E-state index contributed by atoms with van der Waals surface area (Å²) in [5.74, 6) is -1.15. The number of hydrogen-bond acceptors (Lipinski definition) is 4. The number of likely N-dealkylation sites (tertiary alicyclic amines) is 1. The van der Waals surface area contributed by atoms with Gasteiger partial charge in [0, 0.05) is 44.1 Å². The standard InChI is InChI=1S/C18H21N3O2/c1-2-13-5-6-15(20-8-13)10-21-11-16(17(12-21)18(22)23)14-4-3-7-19-9-14/h3-9,16-17H,2,10-12H2,1H3,(H,22,23)/t16-,17+/m0/s1. The lowest BCUT2D eigenvalue weighted by Crippen LogP contribution is -2.23. The van der Waals surface area contributed by atoms with E-state index < -0.39 is 11.9 Å². The van der Waals surface area contributed by atoms with E-state index in [1.165, 1.54) is 5.56 Å². The van der Waals surface area contributed by atoms with Crippen LogP contribution in [0.1, 0.15) is 29.7 Å². The minimum Gasteiger partial charge on any atom is -0.481 e. The van der Waals surface area contributed by atoms with Crippen LogP contribution in [0.25, 0.3) is 0 Å². The van der Waals surface area contributed by atoms with Crippen LogP contribution >= 0.6 is 0 Å². The highest BCUT2D eigenvalue weighted by Crippen LogP contribution is 2.33. The van der Waals surface area contributed by atoms with Gasteiger partial charge >= 0.3 is 5.97 Å². The van der Waals surface area contributed by atoms with E-state index in [0.29, 0.717) is 13.1 Å². The smallest absolute Gasteiger partial charge is 0.308 e. The Morgan fingerprint density at radius 3 is 2.78 bits per heavy atom. The average molecular weight is 311 g/mol. The lowest BCUT2D eigenvalue weighted by atomic mass is 9.90. The van der Waals surface area contributed by atoms with Crippen molar-refractivity contribution in [3.05, 3.63) is 59.7 Å². The molecule has 23 heavy (non-hydrogen) atoms. The maximum atomic E-state index is 11.6. The number of aryl methyl sites for hydroxylation is 1. The molecule has 1 saturated heterocycles. The topological polar surface area (TPSA) is 66.3 Å². The molecule has 3 heterocycles. The van der Waals surface area contributed by atoms with Crippen LogP contribution in [0.3, 0.4) is 0 Å². The zero-order valence-electron chi connectivity index (χ0n) is 13.2. The molecule has 1 aliphatic rings. The van der Waals surface area contributed by atoms with Crippen molar-refractivity contribution in [2.24, 2.45) is 5.92 Å². The largest absolute Gasteiger partial charge is 0.481 e. The molecule has 5 nitrogen and oxygen atoms in total. The predicted octanol–water partition coefficient (Wildman–Crippen LogP) is 2.34. The Bertz CT molecular complexity index is 658. The molecule has 2 aromatic rings. The molecule has 1 N–H and O–H groups in total. The Kier molecular flexibility index (Phi) is 4.67. The molecule has 0 radical (unpaired) electrons. The highest BCUT2D eigenvalue weighted by atomic mass is 16.4. The summed E-state index contributed by atoms with van der Waals surface area (Å²) >= 11 is 0. The third kappa shape index (κ3) is 3.56. The first kappa shape index (κ1) is 15.6. The van der Waals surface area contributed by atoms with Gasteiger partial charge in [-0.1, -0.05) is 19.1 Å². The molecule has 0 unspecified atom stereocenters. The Balaban J connectivity index is 1.73. The fourth-order valence-electron chi connectivity index (χ4n) is 3.18. The highest BCUT2D eigenvalue weighted by molar-refractivity contribution is 5.72. The molecule has 0 spiro atoms. The Hall–Kier alpha value is -2.27. The number of carboxylic acids is 1. The molecule has 0 saturated carbocycles. The van der Waals surface area contributed by atoms with Crippen LogP contribution in [0.2, 0.25) is 0 Å². The maximum absolute atomic E-state index is 11.6. The van der Waals surface area contributed by atoms with Gasteiger partial charge in [0.05, 0.1) is 11.6 Å². The molecule has 5 heteroatoms. The number of pyridine rings is 2. The first-order valence-electron chi connectivity index (χ1n) is 7.96. The van der Waals surface area contributed by atoms with Crippen molar-refractivity contribution in [1.82, 2.24) is 14.9 Å². The van der Waals surface area contributed by atoms with Crippen molar-refractivity contribution in [2.75, 3.05) is 13.1 Å². The molecule has 0 bridgehead atoms. The summed E-state index contributed by atoms with van der Waals surface area (Å²) in [5, 5.41) is 9.53. The average Bonchev–Trinajstić information content (AvgIpc) is 3.00. The van der Waals surface area contributed by atoms with Crippen LogP contribution in [0.15, 0.2) is 42.9 Å². The van der Waals surface area contributed by atoms with Crippen LogP contribution in [0, 0.1) is 5.92 Å². The summed E-state index contributed by atoms with van der Waals surface area (Å²) in [6, 6.07) is 7.95. The number of aromatic nitrogens is 2. The van der Waals surface area contributed by atoms with Crippen molar-refractivity contribution >= 4 is 5.97 Å². The molecule has 0 amide bonds. The SMILES string of the molecule is CCc1ccc(CN2C[C@@H](C(=O)O)[C@H](c3cccnc3)C2)nc1. The van der Waals surface area contributed by atoms with Crippen LogP contribution < -0.4 is 0 Å². The third-order valence-electron chi connectivity index (χ3n) is 4.51. The maximum Gasteiger partial charge on any atom is 0.308 e. The summed E-state index contributed by atoms with van der Waals surface area (Å²) < 4.78 is 0. The minimum absolute atomic E-state index is 0.0175. The number of rotatable bonds is 5. The second-order valence-electron chi connectivity index (χ2n) is 6.04. The second kappa shape index (κ2) is 6.87. The van der Waals surface area contributed by atoms with E-state index >= 15 is 0 Å². The van der Waals surface area contributed by atoms with Gasteiger partial charge in [0.15, 0.2) is 0 Å². The molecule has 1 aliphatic heterocycles. The second-order valence-corrected chi connectivity index (χ2v) is 6.04. The number of aliphatic carboxylic acids is 1. The first-order valence-corrected chi connectivity index (χ1v) is 7.96. The van der Waals surface area contributed by atoms with Crippen molar-refractivity contribution in [3.63, 3.8) is 0 Å². The van der Waals surface area contributed by atoms with Crippen molar-refractivity contribution in [2.45, 2.75) is 25.8 Å². The molecule has 2 atom stereocenters. The van der Waals surface area contributed by atoms with Crippen molar-refractivity contribution in [3.8, 4) is 0 Å². The van der Waals surface area contributed by atoms with E-state index in [2.05, 4.69) is 27.9 Å². The van der Waals surface area contributed by atoms with Gasteiger partial charge in [0.2, 0.25) is 0 Å². The molecule has 0 aromatic carbocycles. The van der Waals surface area contributed by atoms with E-state index in [1.807, 2.05) is 24.4 Å². The van der Waals surface area contributed by atoms with E-state index in [4.69, 9.17) is 0 Å². The van der Waals surface area contributed by atoms with Gasteiger partial charge in [-0.3, -0.25) is 19.7 Å². The number of nitrogens with zero attached hydrogens (tertiary/aromatic N) is 3. The van der Waals surface area contributed by atoms with Crippen LogP contribution in [0.5, 0.6) is 0 Å². The number of hydrogen-bond donors (Lipinski definition) is 1. The van der Waals surface area contributed by atoms with Crippen molar-refractivity contribution in [1.29, 1.82) is 0 Å². The quantitative estimate of drug-likeness (QED) is 0.918. The van der Waals surface area contributed by atoms with Gasteiger partial charge in [0.25, 0.3) is 0 Å². The fourth-order valence-corrected chi connectivity index (χ4v) is 3.18. The van der Waals surface area contributed by atoms with E-state index in [9.17, 15) is 9.90 Å². The van der Waals surface area contributed by atoms with Gasteiger partial charge in [0.1, 0.15) is 0 Å². The van der Waals surface area contributed by atoms with Crippen molar-refractivity contribution < 1.29 is 9.90 Å². The van der Waals surface area contributed by atoms with Gasteiger partial charge in [-0.2, -0.15) is 0 Å². The molecule has 1 fully saturated rings. The summed E-state index contributed by atoms with van der Waals surface area (Å²) in [5.41, 5.74) is 3.20. The highest BCUT2D eigenvalue weighted by Gasteiger charge is 2.38. The van der Waals surface area contributed by atoms with E-state index in [-0.39, 0.29) is 5.92 Å². The van der Waals surface area contributed by atoms with Crippen LogP contribution in [-0.2, 0) is 17.8 Å². The molecule has 2 aromatic heterocycles. The lowest BCUT2D eigenvalue weighted by molar-refractivity contribution is -0.141. The van der Waals surface area contributed by atoms with Crippen LogP contribution in [-0.4, -0.2) is 39.0 Å². The van der Waals surface area contributed by atoms with Gasteiger partial charge < -0.3 is 5.11 Å². The Morgan fingerprint density at radius 1 is 1.30 bits per heavy atom. The predicted molar refractivity (Wildman–Crippen MR) is 87.0 cm³/mol. The zero-order valence-corrected chi connectivity index (χ0v) is 13.2. The molecular weight excluding hydrogens is 290 g/mol.